The lowest BCUT2D eigenvalue weighted by Crippen LogP contribution is -2.34. The molecule has 17 heavy (non-hydrogen) atoms. The van der Waals surface area contributed by atoms with E-state index in [9.17, 15) is 0 Å². The van der Waals surface area contributed by atoms with Gasteiger partial charge >= 0.3 is 0 Å². The van der Waals surface area contributed by atoms with E-state index in [1.165, 1.54) is 5.56 Å². The van der Waals surface area contributed by atoms with E-state index in [4.69, 9.17) is 4.42 Å². The van der Waals surface area contributed by atoms with E-state index in [0.717, 1.165) is 36.4 Å². The highest BCUT2D eigenvalue weighted by atomic mass is 16.3. The van der Waals surface area contributed by atoms with Crippen molar-refractivity contribution in [2.75, 3.05) is 6.54 Å². The first-order chi connectivity index (χ1) is 8.22. The van der Waals surface area contributed by atoms with Gasteiger partial charge in [-0.15, -0.1) is 0 Å². The second kappa shape index (κ2) is 4.15. The Bertz CT molecular complexity index is 532. The Balaban J connectivity index is 1.94. The van der Waals surface area contributed by atoms with Crippen LogP contribution in [0.15, 0.2) is 22.6 Å². The highest BCUT2D eigenvalue weighted by Crippen LogP contribution is 2.29. The molecule has 0 amide bonds. The Kier molecular flexibility index (Phi) is 2.63. The first-order valence-electron chi connectivity index (χ1n) is 6.33. The van der Waals surface area contributed by atoms with Crippen LogP contribution in [0, 0.1) is 6.92 Å². The summed E-state index contributed by atoms with van der Waals surface area (Å²) in [6.07, 6.45) is 2.24. The standard InChI is InChI=1S/C14H18N2O/c1-9-3-4-13-12(7-9)16-14(17-13)11-5-6-15-10(2)8-11/h3-4,7,10-11,15H,5-6,8H2,1-2H3/t10-,11-/m0/s1. The molecule has 3 nitrogen and oxygen atoms in total. The zero-order valence-electron chi connectivity index (χ0n) is 10.4. The average molecular weight is 230 g/mol. The minimum absolute atomic E-state index is 0.471. The third-order valence-corrected chi connectivity index (χ3v) is 3.53. The molecular weight excluding hydrogens is 212 g/mol. The van der Waals surface area contributed by atoms with Gasteiger partial charge < -0.3 is 9.73 Å². The predicted molar refractivity (Wildman–Crippen MR) is 68.2 cm³/mol. The first-order valence-corrected chi connectivity index (χ1v) is 6.33. The predicted octanol–water partition coefficient (Wildman–Crippen LogP) is 2.99. The number of nitrogens with zero attached hydrogens (tertiary/aromatic N) is 1. The van der Waals surface area contributed by atoms with Gasteiger partial charge in [0.2, 0.25) is 0 Å². The van der Waals surface area contributed by atoms with Crippen molar-refractivity contribution in [2.45, 2.75) is 38.6 Å². The summed E-state index contributed by atoms with van der Waals surface area (Å²) in [6.45, 7) is 5.36. The lowest BCUT2D eigenvalue weighted by molar-refractivity contribution is 0.336. The van der Waals surface area contributed by atoms with Gasteiger partial charge in [0.1, 0.15) is 5.52 Å². The highest BCUT2D eigenvalue weighted by molar-refractivity contribution is 5.73. The molecule has 0 radical (unpaired) electrons. The molecule has 90 valence electrons. The van der Waals surface area contributed by atoms with Crippen LogP contribution >= 0.6 is 0 Å². The molecule has 0 aliphatic carbocycles. The Labute approximate surface area is 101 Å². The molecule has 1 aromatic heterocycles. The van der Waals surface area contributed by atoms with Gasteiger partial charge in [-0.05, 0) is 50.9 Å². The van der Waals surface area contributed by atoms with Crippen molar-refractivity contribution in [3.63, 3.8) is 0 Å². The van der Waals surface area contributed by atoms with E-state index < -0.39 is 0 Å². The van der Waals surface area contributed by atoms with Gasteiger partial charge in [-0.25, -0.2) is 4.98 Å². The number of aromatic nitrogens is 1. The largest absolute Gasteiger partial charge is 0.440 e. The number of fused-ring (bicyclic) bond motifs is 1. The smallest absolute Gasteiger partial charge is 0.198 e. The molecule has 3 rings (SSSR count). The molecule has 1 saturated heterocycles. The number of hydrogen-bond acceptors (Lipinski definition) is 3. The quantitative estimate of drug-likeness (QED) is 0.818. The van der Waals surface area contributed by atoms with E-state index in [1.807, 2.05) is 6.07 Å². The van der Waals surface area contributed by atoms with E-state index in [0.29, 0.717) is 12.0 Å². The molecule has 3 heteroatoms. The number of hydrogen-bond donors (Lipinski definition) is 1. The fourth-order valence-electron chi connectivity index (χ4n) is 2.59. The molecule has 0 bridgehead atoms. The van der Waals surface area contributed by atoms with E-state index in [-0.39, 0.29) is 0 Å². The van der Waals surface area contributed by atoms with Crippen LogP contribution in [0.2, 0.25) is 0 Å². The second-order valence-electron chi connectivity index (χ2n) is 5.10. The van der Waals surface area contributed by atoms with E-state index in [2.05, 4.69) is 36.3 Å². The lowest BCUT2D eigenvalue weighted by atomic mass is 9.93. The summed E-state index contributed by atoms with van der Waals surface area (Å²) in [4.78, 5) is 4.64. The van der Waals surface area contributed by atoms with Gasteiger partial charge in [0.25, 0.3) is 0 Å². The van der Waals surface area contributed by atoms with Gasteiger partial charge in [-0.2, -0.15) is 0 Å². The Morgan fingerprint density at radius 3 is 3.12 bits per heavy atom. The number of rotatable bonds is 1. The van der Waals surface area contributed by atoms with Crippen LogP contribution in [0.25, 0.3) is 11.1 Å². The van der Waals surface area contributed by atoms with Gasteiger partial charge in [-0.1, -0.05) is 6.07 Å². The summed E-state index contributed by atoms with van der Waals surface area (Å²) in [7, 11) is 0. The van der Waals surface area contributed by atoms with Crippen LogP contribution in [0.4, 0.5) is 0 Å². The monoisotopic (exact) mass is 230 g/mol. The zero-order valence-corrected chi connectivity index (χ0v) is 10.4. The molecule has 0 saturated carbocycles. The van der Waals surface area contributed by atoms with Crippen molar-refractivity contribution in [3.05, 3.63) is 29.7 Å². The highest BCUT2D eigenvalue weighted by Gasteiger charge is 2.24. The summed E-state index contributed by atoms with van der Waals surface area (Å²) in [6, 6.07) is 6.74. The van der Waals surface area contributed by atoms with Gasteiger partial charge in [-0.3, -0.25) is 0 Å². The first kappa shape index (κ1) is 10.8. The topological polar surface area (TPSA) is 38.1 Å². The summed E-state index contributed by atoms with van der Waals surface area (Å²) in [5, 5.41) is 3.46. The lowest BCUT2D eigenvalue weighted by Gasteiger charge is -2.25. The summed E-state index contributed by atoms with van der Waals surface area (Å²) < 4.78 is 5.87. The Hall–Kier alpha value is -1.35. The van der Waals surface area contributed by atoms with Gasteiger partial charge in [0.15, 0.2) is 11.5 Å². The van der Waals surface area contributed by atoms with Crippen molar-refractivity contribution < 1.29 is 4.42 Å². The van der Waals surface area contributed by atoms with Crippen LogP contribution in [0.3, 0.4) is 0 Å². The summed E-state index contributed by atoms with van der Waals surface area (Å²) >= 11 is 0. The van der Waals surface area contributed by atoms with E-state index >= 15 is 0 Å². The molecule has 0 unspecified atom stereocenters. The molecular formula is C14H18N2O. The van der Waals surface area contributed by atoms with Crippen molar-refractivity contribution >= 4 is 11.1 Å². The molecule has 2 atom stereocenters. The number of aryl methyl sites for hydroxylation is 1. The maximum absolute atomic E-state index is 5.87. The molecule has 1 N–H and O–H groups in total. The minimum Gasteiger partial charge on any atom is -0.440 e. The molecule has 0 spiro atoms. The maximum atomic E-state index is 5.87. The van der Waals surface area contributed by atoms with Crippen LogP contribution < -0.4 is 5.32 Å². The third kappa shape index (κ3) is 2.07. The van der Waals surface area contributed by atoms with Crippen LogP contribution in [0.5, 0.6) is 0 Å². The number of benzene rings is 1. The average Bonchev–Trinajstić information content (AvgIpc) is 2.72. The second-order valence-corrected chi connectivity index (χ2v) is 5.10. The molecule has 1 aliphatic heterocycles. The Morgan fingerprint density at radius 2 is 2.29 bits per heavy atom. The SMILES string of the molecule is Cc1ccc2oc([C@H]3CCN[C@@H](C)C3)nc2c1. The molecule has 1 aromatic carbocycles. The maximum Gasteiger partial charge on any atom is 0.198 e. The number of nitrogens with one attached hydrogen (secondary N) is 1. The van der Waals surface area contributed by atoms with Crippen molar-refractivity contribution in [1.29, 1.82) is 0 Å². The van der Waals surface area contributed by atoms with Crippen molar-refractivity contribution in [3.8, 4) is 0 Å². The molecule has 1 fully saturated rings. The molecule has 2 aromatic rings. The minimum atomic E-state index is 0.471. The van der Waals surface area contributed by atoms with Crippen LogP contribution in [0.1, 0.15) is 37.1 Å². The molecule has 1 aliphatic rings. The normalized spacial score (nSPS) is 25.3. The van der Waals surface area contributed by atoms with Gasteiger partial charge in [0.05, 0.1) is 0 Å². The Morgan fingerprint density at radius 1 is 1.41 bits per heavy atom. The molecule has 2 heterocycles. The van der Waals surface area contributed by atoms with E-state index in [1.54, 1.807) is 0 Å². The summed E-state index contributed by atoms with van der Waals surface area (Å²) in [5.74, 6) is 1.39. The van der Waals surface area contributed by atoms with Crippen LogP contribution in [-0.2, 0) is 0 Å². The summed E-state index contributed by atoms with van der Waals surface area (Å²) in [5.41, 5.74) is 3.14. The van der Waals surface area contributed by atoms with Crippen molar-refractivity contribution in [1.82, 2.24) is 10.3 Å². The van der Waals surface area contributed by atoms with Crippen LogP contribution in [-0.4, -0.2) is 17.6 Å². The number of oxazole rings is 1. The third-order valence-electron chi connectivity index (χ3n) is 3.53. The van der Waals surface area contributed by atoms with Crippen molar-refractivity contribution in [2.24, 2.45) is 0 Å². The number of piperidine rings is 1. The fraction of sp³-hybridized carbons (Fsp3) is 0.500. The van der Waals surface area contributed by atoms with Gasteiger partial charge in [0, 0.05) is 12.0 Å². The fourth-order valence-corrected chi connectivity index (χ4v) is 2.59. The zero-order chi connectivity index (χ0) is 11.8.